The summed E-state index contributed by atoms with van der Waals surface area (Å²) < 4.78 is 10.9. The van der Waals surface area contributed by atoms with Crippen molar-refractivity contribution < 1.29 is 14.3 Å². The molecule has 3 N–H and O–H groups in total. The van der Waals surface area contributed by atoms with E-state index in [2.05, 4.69) is 27.0 Å². The van der Waals surface area contributed by atoms with Gasteiger partial charge in [0.25, 0.3) is 0 Å². The lowest BCUT2D eigenvalue weighted by atomic mass is 9.82. The molecule has 0 bridgehead atoms. The summed E-state index contributed by atoms with van der Waals surface area (Å²) in [4.78, 5) is 21.5. The number of carbonyl (C=O) groups is 1. The smallest absolute Gasteiger partial charge is 0.307 e. The molecule has 4 rings (SSSR count). The lowest BCUT2D eigenvalue weighted by Gasteiger charge is -2.32. The normalized spacial score (nSPS) is 21.4. The minimum atomic E-state index is -0.460. The van der Waals surface area contributed by atoms with E-state index >= 15 is 0 Å². The Morgan fingerprint density at radius 2 is 1.90 bits per heavy atom. The fourth-order valence-corrected chi connectivity index (χ4v) is 5.66. The Morgan fingerprint density at radius 1 is 1.20 bits per heavy atom. The van der Waals surface area contributed by atoms with Crippen LogP contribution in [0.15, 0.2) is 30.5 Å². The van der Waals surface area contributed by atoms with Gasteiger partial charge in [-0.25, -0.2) is 9.97 Å². The van der Waals surface area contributed by atoms with E-state index in [-0.39, 0.29) is 12.0 Å². The van der Waals surface area contributed by atoms with E-state index in [9.17, 15) is 10.1 Å². The summed E-state index contributed by atoms with van der Waals surface area (Å²) in [6.07, 6.45) is 7.49. The second kappa shape index (κ2) is 13.8. The summed E-state index contributed by atoms with van der Waals surface area (Å²) in [5.41, 5.74) is 0.653. The summed E-state index contributed by atoms with van der Waals surface area (Å²) in [5.74, 6) is 1.31. The first-order valence-electron chi connectivity index (χ1n) is 14.6. The minimum absolute atomic E-state index is 0.0692. The highest BCUT2D eigenvalue weighted by atomic mass is 35.5. The molecule has 2 fully saturated rings. The van der Waals surface area contributed by atoms with Gasteiger partial charge in [0.05, 0.1) is 28.6 Å². The molecule has 3 heterocycles. The fourth-order valence-electron chi connectivity index (χ4n) is 5.46. The first kappa shape index (κ1) is 31.0. The molecule has 222 valence electrons. The van der Waals surface area contributed by atoms with E-state index in [4.69, 9.17) is 26.1 Å². The number of hydrogen-bond acceptors (Lipinski definition) is 9. The Morgan fingerprint density at radius 3 is 2.59 bits per heavy atom. The van der Waals surface area contributed by atoms with Crippen molar-refractivity contribution in [2.75, 3.05) is 30.4 Å². The summed E-state index contributed by atoms with van der Waals surface area (Å²) in [6, 6.07) is 11.0. The molecule has 0 unspecified atom stereocenters. The average Bonchev–Trinajstić information content (AvgIpc) is 2.93. The van der Waals surface area contributed by atoms with Crippen molar-refractivity contribution in [1.29, 1.82) is 5.26 Å². The maximum atomic E-state index is 12.1. The molecule has 0 spiro atoms. The average molecular weight is 583 g/mol. The van der Waals surface area contributed by atoms with Crippen molar-refractivity contribution >= 4 is 29.2 Å². The number of nitrogens with one attached hydrogen (secondary N) is 3. The molecular weight excluding hydrogens is 540 g/mol. The molecule has 0 aromatic carbocycles. The third kappa shape index (κ3) is 9.29. The molecule has 41 heavy (non-hydrogen) atoms. The molecule has 1 atom stereocenters. The van der Waals surface area contributed by atoms with Crippen LogP contribution < -0.4 is 16.0 Å². The van der Waals surface area contributed by atoms with E-state index in [1.807, 2.05) is 52.0 Å². The van der Waals surface area contributed by atoms with Crippen molar-refractivity contribution in [3.8, 4) is 17.3 Å². The molecule has 1 saturated carbocycles. The maximum Gasteiger partial charge on any atom is 0.307 e. The molecule has 10 heteroatoms. The predicted molar refractivity (Wildman–Crippen MR) is 162 cm³/mol. The van der Waals surface area contributed by atoms with Crippen LogP contribution in [0.3, 0.4) is 0 Å². The highest BCUT2D eigenvalue weighted by Crippen LogP contribution is 2.32. The van der Waals surface area contributed by atoms with Gasteiger partial charge in [0.2, 0.25) is 0 Å². The Labute approximate surface area is 248 Å². The molecule has 0 amide bonds. The van der Waals surface area contributed by atoms with Crippen LogP contribution in [0, 0.1) is 16.7 Å². The highest BCUT2D eigenvalue weighted by Gasteiger charge is 2.32. The third-order valence-corrected chi connectivity index (χ3v) is 7.97. The van der Waals surface area contributed by atoms with Gasteiger partial charge in [-0.2, -0.15) is 5.26 Å². The number of halogens is 1. The van der Waals surface area contributed by atoms with E-state index in [0.29, 0.717) is 61.9 Å². The summed E-state index contributed by atoms with van der Waals surface area (Å²) in [6.45, 7) is 9.45. The number of pyridine rings is 2. The van der Waals surface area contributed by atoms with Crippen LogP contribution in [-0.2, 0) is 14.3 Å². The fraction of sp³-hybridized carbons (Fsp3) is 0.613. The summed E-state index contributed by atoms with van der Waals surface area (Å²) >= 11 is 6.56. The zero-order chi connectivity index (χ0) is 29.5. The van der Waals surface area contributed by atoms with Gasteiger partial charge in [0.15, 0.2) is 0 Å². The number of rotatable bonds is 10. The Kier molecular flexibility index (Phi) is 10.5. The van der Waals surface area contributed by atoms with Gasteiger partial charge >= 0.3 is 5.97 Å². The van der Waals surface area contributed by atoms with Gasteiger partial charge in [-0.05, 0) is 84.4 Å². The van der Waals surface area contributed by atoms with Gasteiger partial charge in [0.1, 0.15) is 17.2 Å². The number of hydrogen-bond donors (Lipinski definition) is 3. The van der Waals surface area contributed by atoms with Crippen LogP contribution in [0.4, 0.5) is 11.6 Å². The first-order chi connectivity index (χ1) is 19.5. The third-order valence-electron chi connectivity index (χ3n) is 7.67. The molecule has 2 aliphatic rings. The van der Waals surface area contributed by atoms with Gasteiger partial charge in [0, 0.05) is 49.6 Å². The van der Waals surface area contributed by atoms with Crippen LogP contribution in [0.25, 0.3) is 11.3 Å². The van der Waals surface area contributed by atoms with Crippen molar-refractivity contribution in [3.63, 3.8) is 0 Å². The van der Waals surface area contributed by atoms with Gasteiger partial charge < -0.3 is 25.4 Å². The van der Waals surface area contributed by atoms with E-state index < -0.39 is 11.0 Å². The number of esters is 1. The van der Waals surface area contributed by atoms with Crippen LogP contribution in [0.2, 0.25) is 5.02 Å². The van der Waals surface area contributed by atoms with Crippen molar-refractivity contribution in [2.24, 2.45) is 5.41 Å². The van der Waals surface area contributed by atoms with Gasteiger partial charge in [-0.3, -0.25) is 4.79 Å². The molecular formula is C31H43ClN6O3. The molecule has 1 aliphatic heterocycles. The number of nitrogens with zero attached hydrogens (tertiary/aromatic N) is 3. The molecule has 9 nitrogen and oxygen atoms in total. The van der Waals surface area contributed by atoms with Crippen LogP contribution in [0.1, 0.15) is 72.6 Å². The number of ether oxygens (including phenoxy) is 2. The first-order valence-corrected chi connectivity index (χ1v) is 15.0. The van der Waals surface area contributed by atoms with Crippen molar-refractivity contribution in [3.05, 3.63) is 35.5 Å². The number of aromatic nitrogens is 2. The summed E-state index contributed by atoms with van der Waals surface area (Å²) in [5, 5.41) is 20.8. The van der Waals surface area contributed by atoms with E-state index in [1.54, 1.807) is 6.20 Å². The van der Waals surface area contributed by atoms with Gasteiger partial charge in [-0.1, -0.05) is 17.7 Å². The van der Waals surface area contributed by atoms with Crippen molar-refractivity contribution in [1.82, 2.24) is 15.3 Å². The lowest BCUT2D eigenvalue weighted by Crippen LogP contribution is -2.42. The SMILES string of the molecule is C[C@@H](CC(=O)OC(C)(C)C)NC1CCC(Nc2cc(-c3cccc(NCC4(C#N)CCOCC4)n3)c(Cl)cn2)CC1. The number of nitriles is 1. The van der Waals surface area contributed by atoms with Crippen LogP contribution in [0.5, 0.6) is 0 Å². The van der Waals surface area contributed by atoms with E-state index in [1.165, 1.54) is 0 Å². The highest BCUT2D eigenvalue weighted by molar-refractivity contribution is 6.33. The lowest BCUT2D eigenvalue weighted by molar-refractivity contribution is -0.155. The van der Waals surface area contributed by atoms with Crippen LogP contribution in [-0.4, -0.2) is 59.4 Å². The maximum absolute atomic E-state index is 12.1. The number of carbonyl (C=O) groups excluding carboxylic acids is 1. The predicted octanol–water partition coefficient (Wildman–Crippen LogP) is 5.96. The zero-order valence-corrected chi connectivity index (χ0v) is 25.4. The molecule has 1 aliphatic carbocycles. The topological polar surface area (TPSA) is 121 Å². The summed E-state index contributed by atoms with van der Waals surface area (Å²) in [7, 11) is 0. The largest absolute Gasteiger partial charge is 0.460 e. The van der Waals surface area contributed by atoms with E-state index in [0.717, 1.165) is 42.8 Å². The number of anilines is 2. The molecule has 1 saturated heterocycles. The monoisotopic (exact) mass is 582 g/mol. The molecule has 0 radical (unpaired) electrons. The van der Waals surface area contributed by atoms with Gasteiger partial charge in [-0.15, -0.1) is 0 Å². The second-order valence-corrected chi connectivity index (χ2v) is 12.8. The second-order valence-electron chi connectivity index (χ2n) is 12.4. The Hall–Kier alpha value is -2.93. The molecule has 2 aromatic heterocycles. The van der Waals surface area contributed by atoms with Crippen molar-refractivity contribution in [2.45, 2.75) is 96.4 Å². The Bertz CT molecular complexity index is 1210. The quantitative estimate of drug-likeness (QED) is 0.291. The van der Waals surface area contributed by atoms with Crippen LogP contribution >= 0.6 is 11.6 Å². The zero-order valence-electron chi connectivity index (χ0n) is 24.6. The molecule has 2 aromatic rings. The minimum Gasteiger partial charge on any atom is -0.460 e. The standard InChI is InChI=1S/C31H43ClN6O3/c1-21(16-29(39)41-30(2,3)4)36-22-8-10-23(11-9-22)37-28-17-24(25(32)18-34-28)26-6-5-7-27(38-26)35-20-31(19-33)12-14-40-15-13-31/h5-7,17-18,21-23,36H,8-16,20H2,1-4H3,(H,34,37)(H,35,38)/t21-,22?,23?/m0/s1. The Balaban J connectivity index is 1.30.